The minimum atomic E-state index is -0.970. The minimum absolute atomic E-state index is 0.160. The number of benzene rings is 1. The van der Waals surface area contributed by atoms with Crippen LogP contribution in [0.1, 0.15) is 18.0 Å². The van der Waals surface area contributed by atoms with Crippen LogP contribution in [-0.4, -0.2) is 36.4 Å². The van der Waals surface area contributed by atoms with Crippen molar-refractivity contribution in [2.45, 2.75) is 18.0 Å². The Kier molecular flexibility index (Phi) is 3.96. The summed E-state index contributed by atoms with van der Waals surface area (Å²) in [5.41, 5.74) is 5.85. The molecule has 2 atom stereocenters. The summed E-state index contributed by atoms with van der Waals surface area (Å²) in [6.45, 7) is 0.567. The number of hydrogen-bond donors (Lipinski definition) is 3. The van der Waals surface area contributed by atoms with Crippen molar-refractivity contribution < 1.29 is 14.6 Å². The second kappa shape index (κ2) is 5.48. The van der Waals surface area contributed by atoms with Crippen LogP contribution in [0.3, 0.4) is 0 Å². The molecule has 5 nitrogen and oxygen atoms in total. The predicted octanol–water partition coefficient (Wildman–Crippen LogP) is -0.0460. The zero-order valence-electron chi connectivity index (χ0n) is 10.1. The lowest BCUT2D eigenvalue weighted by Crippen LogP contribution is -2.55. The summed E-state index contributed by atoms with van der Waals surface area (Å²) in [7, 11) is 0. The number of carbonyl (C=O) groups is 1. The highest BCUT2D eigenvalue weighted by atomic mass is 16.5. The fraction of sp³-hybridized carbons (Fsp3) is 0.462. The maximum absolute atomic E-state index is 12.1. The van der Waals surface area contributed by atoms with E-state index in [4.69, 9.17) is 10.5 Å². The Hall–Kier alpha value is -1.43. The third-order valence-electron chi connectivity index (χ3n) is 3.19. The van der Waals surface area contributed by atoms with Crippen molar-refractivity contribution in [2.75, 3.05) is 19.8 Å². The molecule has 1 aromatic rings. The molecule has 0 spiro atoms. The monoisotopic (exact) mass is 250 g/mol. The van der Waals surface area contributed by atoms with Gasteiger partial charge in [0, 0.05) is 6.61 Å². The van der Waals surface area contributed by atoms with Gasteiger partial charge in [-0.3, -0.25) is 4.79 Å². The molecule has 18 heavy (non-hydrogen) atoms. The molecule has 0 aliphatic carbocycles. The Morgan fingerprint density at radius 3 is 2.78 bits per heavy atom. The van der Waals surface area contributed by atoms with Crippen LogP contribution >= 0.6 is 0 Å². The van der Waals surface area contributed by atoms with Gasteiger partial charge in [0.2, 0.25) is 5.91 Å². The molecule has 0 aromatic heterocycles. The van der Waals surface area contributed by atoms with Gasteiger partial charge in [-0.05, 0) is 12.0 Å². The van der Waals surface area contributed by atoms with E-state index in [2.05, 4.69) is 5.32 Å². The summed E-state index contributed by atoms with van der Waals surface area (Å²) in [6.07, 6.45) is 0.506. The van der Waals surface area contributed by atoms with Crippen LogP contribution in [0.2, 0.25) is 0 Å². The number of carbonyl (C=O) groups excluding carboxylic acids is 1. The lowest BCUT2D eigenvalue weighted by molar-refractivity contribution is -0.127. The zero-order chi connectivity index (χ0) is 13.0. The second-order valence-electron chi connectivity index (χ2n) is 4.58. The Bertz CT molecular complexity index is 402. The van der Waals surface area contributed by atoms with E-state index in [1.165, 1.54) is 0 Å². The van der Waals surface area contributed by atoms with E-state index < -0.39 is 11.6 Å². The van der Waals surface area contributed by atoms with Gasteiger partial charge >= 0.3 is 0 Å². The van der Waals surface area contributed by atoms with E-state index in [1.807, 2.05) is 30.3 Å². The molecule has 2 unspecified atom stereocenters. The van der Waals surface area contributed by atoms with Crippen LogP contribution < -0.4 is 11.1 Å². The predicted molar refractivity (Wildman–Crippen MR) is 66.8 cm³/mol. The lowest BCUT2D eigenvalue weighted by Gasteiger charge is -2.25. The van der Waals surface area contributed by atoms with Crippen molar-refractivity contribution in [2.24, 2.45) is 5.73 Å². The van der Waals surface area contributed by atoms with Gasteiger partial charge in [-0.2, -0.15) is 0 Å². The Morgan fingerprint density at radius 1 is 1.50 bits per heavy atom. The SMILES string of the molecule is NC1(C(=O)NC(CO)c2ccccc2)CCOC1. The summed E-state index contributed by atoms with van der Waals surface area (Å²) >= 11 is 0. The molecule has 1 fully saturated rings. The molecule has 1 heterocycles. The van der Waals surface area contributed by atoms with Crippen LogP contribution in [0.25, 0.3) is 0 Å². The van der Waals surface area contributed by atoms with Crippen molar-refractivity contribution in [3.8, 4) is 0 Å². The first-order chi connectivity index (χ1) is 8.65. The van der Waals surface area contributed by atoms with Crippen LogP contribution in [0, 0.1) is 0 Å². The summed E-state index contributed by atoms with van der Waals surface area (Å²) in [4.78, 5) is 12.1. The first-order valence-electron chi connectivity index (χ1n) is 5.99. The van der Waals surface area contributed by atoms with Gasteiger partial charge in [0.1, 0.15) is 5.54 Å². The highest BCUT2D eigenvalue weighted by molar-refractivity contribution is 5.86. The molecule has 0 radical (unpaired) electrons. The Morgan fingerprint density at radius 2 is 2.22 bits per heavy atom. The normalized spacial score (nSPS) is 24.8. The Labute approximate surface area is 106 Å². The maximum Gasteiger partial charge on any atom is 0.243 e. The van der Waals surface area contributed by atoms with Gasteiger partial charge in [0.25, 0.3) is 0 Å². The quantitative estimate of drug-likeness (QED) is 0.699. The summed E-state index contributed by atoms with van der Waals surface area (Å²) < 4.78 is 5.15. The van der Waals surface area contributed by atoms with Crippen molar-refractivity contribution in [3.63, 3.8) is 0 Å². The van der Waals surface area contributed by atoms with Crippen LogP contribution in [0.15, 0.2) is 30.3 Å². The topological polar surface area (TPSA) is 84.6 Å². The average molecular weight is 250 g/mol. The molecule has 1 saturated heterocycles. The molecular formula is C13H18N2O3. The van der Waals surface area contributed by atoms with Crippen molar-refractivity contribution >= 4 is 5.91 Å². The molecule has 0 bridgehead atoms. The van der Waals surface area contributed by atoms with Crippen molar-refractivity contribution in [1.82, 2.24) is 5.32 Å². The number of nitrogens with one attached hydrogen (secondary N) is 1. The van der Waals surface area contributed by atoms with E-state index >= 15 is 0 Å². The van der Waals surface area contributed by atoms with E-state index in [1.54, 1.807) is 0 Å². The minimum Gasteiger partial charge on any atom is -0.394 e. The number of ether oxygens (including phenoxy) is 1. The molecule has 5 heteroatoms. The first-order valence-corrected chi connectivity index (χ1v) is 5.99. The fourth-order valence-corrected chi connectivity index (χ4v) is 1.98. The van der Waals surface area contributed by atoms with Crippen molar-refractivity contribution in [1.29, 1.82) is 0 Å². The average Bonchev–Trinajstić information content (AvgIpc) is 2.85. The molecule has 2 rings (SSSR count). The third kappa shape index (κ3) is 2.69. The second-order valence-corrected chi connectivity index (χ2v) is 4.58. The fourth-order valence-electron chi connectivity index (χ4n) is 1.98. The molecule has 4 N–H and O–H groups in total. The van der Waals surface area contributed by atoms with Gasteiger partial charge < -0.3 is 20.9 Å². The Balaban J connectivity index is 2.05. The standard InChI is InChI=1S/C13H18N2O3/c14-13(6-7-18-9-13)12(17)15-11(8-16)10-4-2-1-3-5-10/h1-5,11,16H,6-9,14H2,(H,15,17). The number of aliphatic hydroxyl groups excluding tert-OH is 1. The number of amides is 1. The summed E-state index contributed by atoms with van der Waals surface area (Å²) in [5, 5.41) is 12.1. The molecule has 98 valence electrons. The highest BCUT2D eigenvalue weighted by Crippen LogP contribution is 2.18. The van der Waals surface area contributed by atoms with E-state index in [0.717, 1.165) is 5.56 Å². The van der Waals surface area contributed by atoms with Crippen LogP contribution in [-0.2, 0) is 9.53 Å². The van der Waals surface area contributed by atoms with E-state index in [9.17, 15) is 9.90 Å². The van der Waals surface area contributed by atoms with Gasteiger partial charge in [-0.1, -0.05) is 30.3 Å². The zero-order valence-corrected chi connectivity index (χ0v) is 10.1. The molecule has 1 aliphatic heterocycles. The molecular weight excluding hydrogens is 232 g/mol. The number of nitrogens with two attached hydrogens (primary N) is 1. The molecule has 0 saturated carbocycles. The van der Waals surface area contributed by atoms with Crippen LogP contribution in [0.5, 0.6) is 0 Å². The lowest BCUT2D eigenvalue weighted by atomic mass is 9.98. The van der Waals surface area contributed by atoms with Gasteiger partial charge in [0.15, 0.2) is 0 Å². The van der Waals surface area contributed by atoms with Gasteiger partial charge in [0.05, 0.1) is 19.3 Å². The smallest absolute Gasteiger partial charge is 0.243 e. The molecule has 1 aromatic carbocycles. The van der Waals surface area contributed by atoms with E-state index in [-0.39, 0.29) is 19.1 Å². The number of aliphatic hydroxyl groups is 1. The van der Waals surface area contributed by atoms with Gasteiger partial charge in [-0.15, -0.1) is 0 Å². The van der Waals surface area contributed by atoms with E-state index in [0.29, 0.717) is 13.0 Å². The number of hydrogen-bond acceptors (Lipinski definition) is 4. The van der Waals surface area contributed by atoms with Crippen LogP contribution in [0.4, 0.5) is 0 Å². The molecule has 1 aliphatic rings. The first kappa shape index (κ1) is 13.0. The maximum atomic E-state index is 12.1. The summed E-state index contributed by atoms with van der Waals surface area (Å²) in [5.74, 6) is -0.275. The third-order valence-corrected chi connectivity index (χ3v) is 3.19. The van der Waals surface area contributed by atoms with Crippen molar-refractivity contribution in [3.05, 3.63) is 35.9 Å². The number of rotatable bonds is 4. The molecule has 1 amide bonds. The highest BCUT2D eigenvalue weighted by Gasteiger charge is 2.39. The summed E-state index contributed by atoms with van der Waals surface area (Å²) in [6, 6.07) is 8.89. The largest absolute Gasteiger partial charge is 0.394 e. The van der Waals surface area contributed by atoms with Gasteiger partial charge in [-0.25, -0.2) is 0 Å².